The molecule has 0 amide bonds. The molecule has 0 spiro atoms. The molecule has 1 aromatic rings. The van der Waals surface area contributed by atoms with Crippen LogP contribution >= 0.6 is 0 Å². The van der Waals surface area contributed by atoms with E-state index < -0.39 is 0 Å². The average molecular weight is 290 g/mol. The lowest BCUT2D eigenvalue weighted by Crippen LogP contribution is -2.27. The van der Waals surface area contributed by atoms with Crippen LogP contribution in [0.4, 0.5) is 0 Å². The molecule has 1 saturated heterocycles. The molecule has 0 aromatic heterocycles. The largest absolute Gasteiger partial charge is 0.493 e. The highest BCUT2D eigenvalue weighted by molar-refractivity contribution is 5.28. The number of hydrogen-bond donors (Lipinski definition) is 1. The molecule has 2 rings (SSSR count). The van der Waals surface area contributed by atoms with Crippen molar-refractivity contribution < 1.29 is 4.74 Å². The molecule has 0 bridgehead atoms. The molecule has 2 unspecified atom stereocenters. The van der Waals surface area contributed by atoms with Gasteiger partial charge in [0, 0.05) is 12.6 Å². The lowest BCUT2D eigenvalue weighted by Gasteiger charge is -2.18. The van der Waals surface area contributed by atoms with E-state index in [0.29, 0.717) is 12.0 Å². The van der Waals surface area contributed by atoms with Crippen LogP contribution in [0.3, 0.4) is 0 Å². The maximum atomic E-state index is 5.73. The summed E-state index contributed by atoms with van der Waals surface area (Å²) in [6, 6.07) is 8.91. The molecule has 0 saturated carbocycles. The van der Waals surface area contributed by atoms with Crippen molar-refractivity contribution in [3.8, 4) is 5.75 Å². The first-order chi connectivity index (χ1) is 10.0. The zero-order valence-electron chi connectivity index (χ0n) is 13.9. The minimum absolute atomic E-state index is 0.398. The fraction of sp³-hybridized carbons (Fsp3) is 0.667. The molecule has 3 nitrogen and oxygen atoms in total. The van der Waals surface area contributed by atoms with Crippen molar-refractivity contribution in [3.05, 3.63) is 29.8 Å². The van der Waals surface area contributed by atoms with Gasteiger partial charge in [0.25, 0.3) is 0 Å². The Balaban J connectivity index is 1.78. The molecule has 21 heavy (non-hydrogen) atoms. The number of ether oxygens (including phenoxy) is 1. The van der Waals surface area contributed by atoms with Crippen LogP contribution in [-0.4, -0.2) is 38.2 Å². The standard InChI is InChI=1S/C18H30N2O/c1-14(2)13-21-18-7-5-17(6-8-18)15(3)19-11-16-9-10-20(4)12-16/h5-8,14-16,19H,9-13H2,1-4H3. The molecule has 0 aliphatic carbocycles. The highest BCUT2D eigenvalue weighted by Gasteiger charge is 2.19. The van der Waals surface area contributed by atoms with E-state index in [4.69, 9.17) is 4.74 Å². The van der Waals surface area contributed by atoms with Crippen molar-refractivity contribution in [2.75, 3.05) is 33.3 Å². The highest BCUT2D eigenvalue weighted by Crippen LogP contribution is 2.19. The van der Waals surface area contributed by atoms with Crippen LogP contribution in [-0.2, 0) is 0 Å². The smallest absolute Gasteiger partial charge is 0.119 e. The van der Waals surface area contributed by atoms with Crippen LogP contribution < -0.4 is 10.1 Å². The molecule has 1 aliphatic heterocycles. The third kappa shape index (κ3) is 5.33. The molecular weight excluding hydrogens is 260 g/mol. The monoisotopic (exact) mass is 290 g/mol. The summed E-state index contributed by atoms with van der Waals surface area (Å²) in [6.45, 7) is 10.9. The van der Waals surface area contributed by atoms with E-state index in [1.807, 2.05) is 0 Å². The Morgan fingerprint density at radius 1 is 1.24 bits per heavy atom. The van der Waals surface area contributed by atoms with Gasteiger partial charge in [-0.3, -0.25) is 0 Å². The lowest BCUT2D eigenvalue weighted by molar-refractivity contribution is 0.271. The average Bonchev–Trinajstić information content (AvgIpc) is 2.89. The SMILES string of the molecule is CC(C)COc1ccc(C(C)NCC2CCN(C)C2)cc1. The van der Waals surface area contributed by atoms with Gasteiger partial charge in [-0.2, -0.15) is 0 Å². The minimum atomic E-state index is 0.398. The van der Waals surface area contributed by atoms with E-state index >= 15 is 0 Å². The van der Waals surface area contributed by atoms with Gasteiger partial charge in [-0.1, -0.05) is 26.0 Å². The van der Waals surface area contributed by atoms with Crippen molar-refractivity contribution in [2.24, 2.45) is 11.8 Å². The van der Waals surface area contributed by atoms with E-state index in [2.05, 4.69) is 62.3 Å². The predicted octanol–water partition coefficient (Wildman–Crippen LogP) is 3.32. The van der Waals surface area contributed by atoms with Gasteiger partial charge in [0.05, 0.1) is 6.61 Å². The van der Waals surface area contributed by atoms with Crippen molar-refractivity contribution >= 4 is 0 Å². The van der Waals surface area contributed by atoms with Crippen LogP contribution in [0, 0.1) is 11.8 Å². The third-order valence-corrected chi connectivity index (χ3v) is 4.17. The van der Waals surface area contributed by atoms with Crippen LogP contribution in [0.15, 0.2) is 24.3 Å². The second kappa shape index (κ2) is 7.81. The first kappa shape index (κ1) is 16.3. The van der Waals surface area contributed by atoms with Gasteiger partial charge in [-0.25, -0.2) is 0 Å². The molecule has 118 valence electrons. The van der Waals surface area contributed by atoms with Crippen LogP contribution in [0.1, 0.15) is 38.8 Å². The number of rotatable bonds is 7. The van der Waals surface area contributed by atoms with Crippen molar-refractivity contribution in [2.45, 2.75) is 33.2 Å². The number of likely N-dealkylation sites (tertiary alicyclic amines) is 1. The second-order valence-corrected chi connectivity index (χ2v) is 6.82. The Morgan fingerprint density at radius 2 is 1.95 bits per heavy atom. The number of hydrogen-bond acceptors (Lipinski definition) is 3. The van der Waals surface area contributed by atoms with Gasteiger partial charge in [0.2, 0.25) is 0 Å². The first-order valence-electron chi connectivity index (χ1n) is 8.19. The Labute approximate surface area is 129 Å². The molecule has 3 heteroatoms. The Hall–Kier alpha value is -1.06. The molecule has 1 fully saturated rings. The van der Waals surface area contributed by atoms with Crippen LogP contribution in [0.5, 0.6) is 5.75 Å². The molecule has 1 aliphatic rings. The van der Waals surface area contributed by atoms with Gasteiger partial charge >= 0.3 is 0 Å². The summed E-state index contributed by atoms with van der Waals surface area (Å²) in [7, 11) is 2.21. The molecule has 2 atom stereocenters. The zero-order valence-corrected chi connectivity index (χ0v) is 13.9. The molecule has 1 N–H and O–H groups in total. The number of benzene rings is 1. The van der Waals surface area contributed by atoms with Crippen molar-refractivity contribution in [3.63, 3.8) is 0 Å². The summed E-state index contributed by atoms with van der Waals surface area (Å²) >= 11 is 0. The fourth-order valence-electron chi connectivity index (χ4n) is 2.77. The van der Waals surface area contributed by atoms with Crippen molar-refractivity contribution in [1.29, 1.82) is 0 Å². The summed E-state index contributed by atoms with van der Waals surface area (Å²) in [6.07, 6.45) is 1.32. The normalized spacial score (nSPS) is 20.9. The highest BCUT2D eigenvalue weighted by atomic mass is 16.5. The number of nitrogens with one attached hydrogen (secondary N) is 1. The van der Waals surface area contributed by atoms with Gasteiger partial charge in [-0.05, 0) is 63.0 Å². The Morgan fingerprint density at radius 3 is 2.52 bits per heavy atom. The predicted molar refractivity (Wildman–Crippen MR) is 88.8 cm³/mol. The number of nitrogens with zero attached hydrogens (tertiary/aromatic N) is 1. The quantitative estimate of drug-likeness (QED) is 0.833. The Bertz CT molecular complexity index is 416. The van der Waals surface area contributed by atoms with Gasteiger partial charge in [0.15, 0.2) is 0 Å². The zero-order chi connectivity index (χ0) is 15.2. The summed E-state index contributed by atoms with van der Waals surface area (Å²) in [5.41, 5.74) is 1.33. The van der Waals surface area contributed by atoms with Gasteiger partial charge < -0.3 is 15.0 Å². The minimum Gasteiger partial charge on any atom is -0.493 e. The summed E-state index contributed by atoms with van der Waals surface area (Å²) in [4.78, 5) is 2.41. The topological polar surface area (TPSA) is 24.5 Å². The fourth-order valence-corrected chi connectivity index (χ4v) is 2.77. The molecular formula is C18H30N2O. The van der Waals surface area contributed by atoms with E-state index in [-0.39, 0.29) is 0 Å². The lowest BCUT2D eigenvalue weighted by atomic mass is 10.1. The van der Waals surface area contributed by atoms with E-state index in [0.717, 1.165) is 24.8 Å². The molecule has 0 radical (unpaired) electrons. The summed E-state index contributed by atoms with van der Waals surface area (Å²) < 4.78 is 5.73. The second-order valence-electron chi connectivity index (χ2n) is 6.82. The summed E-state index contributed by atoms with van der Waals surface area (Å²) in [5.74, 6) is 2.33. The van der Waals surface area contributed by atoms with Crippen LogP contribution in [0.25, 0.3) is 0 Å². The van der Waals surface area contributed by atoms with E-state index in [1.165, 1.54) is 25.1 Å². The van der Waals surface area contributed by atoms with Crippen molar-refractivity contribution in [1.82, 2.24) is 10.2 Å². The maximum Gasteiger partial charge on any atom is 0.119 e. The maximum absolute atomic E-state index is 5.73. The van der Waals surface area contributed by atoms with E-state index in [9.17, 15) is 0 Å². The Kier molecular flexibility index (Phi) is 6.07. The van der Waals surface area contributed by atoms with Gasteiger partial charge in [0.1, 0.15) is 5.75 Å². The van der Waals surface area contributed by atoms with E-state index in [1.54, 1.807) is 0 Å². The van der Waals surface area contributed by atoms with Gasteiger partial charge in [-0.15, -0.1) is 0 Å². The third-order valence-electron chi connectivity index (χ3n) is 4.17. The summed E-state index contributed by atoms with van der Waals surface area (Å²) in [5, 5.41) is 3.66. The molecule has 1 heterocycles. The molecule has 1 aromatic carbocycles. The first-order valence-corrected chi connectivity index (χ1v) is 8.19. The van der Waals surface area contributed by atoms with Crippen LogP contribution in [0.2, 0.25) is 0 Å².